The van der Waals surface area contributed by atoms with Crippen LogP contribution in [-0.2, 0) is 19.1 Å². The average molecular weight is 360 g/mol. The van der Waals surface area contributed by atoms with Crippen LogP contribution < -0.4 is 10.1 Å². The number of methoxy groups -OCH3 is 1. The van der Waals surface area contributed by atoms with E-state index in [1.165, 1.54) is 18.9 Å². The van der Waals surface area contributed by atoms with Gasteiger partial charge >= 0.3 is 6.18 Å². The van der Waals surface area contributed by atoms with E-state index in [1.54, 1.807) is 12.1 Å². The molecule has 0 atom stereocenters. The lowest BCUT2D eigenvalue weighted by molar-refractivity contribution is -0.137. The molecule has 136 valence electrons. The van der Waals surface area contributed by atoms with Gasteiger partial charge in [0.1, 0.15) is 5.75 Å². The standard InChI is InChI=1S/C20H19F3N2O/c1-26-16-4-5-17(18(12-16)20(21,22)23)13-2-3-14-10-15-6-7-24-8-9-25(15)19(14)11-13/h2-5,10-12,24H,6-9H2,1H3. The molecular formula is C20H19F3N2O. The summed E-state index contributed by atoms with van der Waals surface area (Å²) in [6, 6.07) is 11.8. The number of aromatic nitrogens is 1. The van der Waals surface area contributed by atoms with Crippen molar-refractivity contribution in [2.45, 2.75) is 19.1 Å². The summed E-state index contributed by atoms with van der Waals surface area (Å²) in [6.07, 6.45) is -3.53. The van der Waals surface area contributed by atoms with Crippen molar-refractivity contribution >= 4 is 10.9 Å². The molecule has 0 spiro atoms. The first kappa shape index (κ1) is 17.0. The summed E-state index contributed by atoms with van der Waals surface area (Å²) in [7, 11) is 1.37. The van der Waals surface area contributed by atoms with Gasteiger partial charge in [-0.15, -0.1) is 0 Å². The van der Waals surface area contributed by atoms with Crippen LogP contribution in [-0.4, -0.2) is 24.8 Å². The van der Waals surface area contributed by atoms with Gasteiger partial charge in [0.25, 0.3) is 0 Å². The molecule has 2 aromatic carbocycles. The van der Waals surface area contributed by atoms with Gasteiger partial charge in [-0.25, -0.2) is 0 Å². The molecule has 0 unspecified atom stereocenters. The average Bonchev–Trinajstić information content (AvgIpc) is 2.80. The molecule has 0 saturated carbocycles. The van der Waals surface area contributed by atoms with Crippen LogP contribution in [0.4, 0.5) is 13.2 Å². The van der Waals surface area contributed by atoms with Gasteiger partial charge in [-0.2, -0.15) is 13.2 Å². The van der Waals surface area contributed by atoms with Crippen LogP contribution in [0.5, 0.6) is 5.75 Å². The predicted octanol–water partition coefficient (Wildman–Crippen LogP) is 4.48. The maximum Gasteiger partial charge on any atom is 0.417 e. The second-order valence-electron chi connectivity index (χ2n) is 6.47. The predicted molar refractivity (Wildman–Crippen MR) is 95.5 cm³/mol. The largest absolute Gasteiger partial charge is 0.497 e. The molecule has 0 amide bonds. The number of fused-ring (bicyclic) bond motifs is 3. The zero-order valence-electron chi connectivity index (χ0n) is 14.4. The van der Waals surface area contributed by atoms with Crippen molar-refractivity contribution in [1.82, 2.24) is 9.88 Å². The molecule has 1 aliphatic heterocycles. The molecule has 4 rings (SSSR count). The summed E-state index contributed by atoms with van der Waals surface area (Å²) in [5, 5.41) is 4.41. The Labute approximate surface area is 149 Å². The fraction of sp³-hybridized carbons (Fsp3) is 0.300. The number of nitrogens with one attached hydrogen (secondary N) is 1. The molecule has 0 saturated heterocycles. The quantitative estimate of drug-likeness (QED) is 0.729. The molecule has 1 N–H and O–H groups in total. The summed E-state index contributed by atoms with van der Waals surface area (Å²) < 4.78 is 47.9. The first-order chi connectivity index (χ1) is 12.5. The summed E-state index contributed by atoms with van der Waals surface area (Å²) in [5.41, 5.74) is 2.24. The van der Waals surface area contributed by atoms with Gasteiger partial charge in [0, 0.05) is 37.3 Å². The molecule has 2 heterocycles. The summed E-state index contributed by atoms with van der Waals surface area (Å²) in [6.45, 7) is 2.59. The monoisotopic (exact) mass is 360 g/mol. The molecule has 3 nitrogen and oxygen atoms in total. The molecule has 26 heavy (non-hydrogen) atoms. The highest BCUT2D eigenvalue weighted by Gasteiger charge is 2.34. The molecule has 0 bridgehead atoms. The Balaban J connectivity index is 1.88. The van der Waals surface area contributed by atoms with E-state index in [9.17, 15) is 13.2 Å². The van der Waals surface area contributed by atoms with Crippen molar-refractivity contribution < 1.29 is 17.9 Å². The van der Waals surface area contributed by atoms with E-state index in [1.807, 2.05) is 12.1 Å². The number of nitrogens with zero attached hydrogens (tertiary/aromatic N) is 1. The maximum absolute atomic E-state index is 13.6. The van der Waals surface area contributed by atoms with E-state index < -0.39 is 11.7 Å². The van der Waals surface area contributed by atoms with Crippen molar-refractivity contribution in [1.29, 1.82) is 0 Å². The summed E-state index contributed by atoms with van der Waals surface area (Å²) >= 11 is 0. The lowest BCUT2D eigenvalue weighted by atomic mass is 9.98. The van der Waals surface area contributed by atoms with E-state index >= 15 is 0 Å². The Hall–Kier alpha value is -2.47. The minimum absolute atomic E-state index is 0.169. The second-order valence-corrected chi connectivity index (χ2v) is 6.47. The summed E-state index contributed by atoms with van der Waals surface area (Å²) in [4.78, 5) is 0. The summed E-state index contributed by atoms with van der Waals surface area (Å²) in [5.74, 6) is 0.199. The first-order valence-electron chi connectivity index (χ1n) is 8.56. The zero-order chi connectivity index (χ0) is 18.3. The van der Waals surface area contributed by atoms with E-state index in [4.69, 9.17) is 4.74 Å². The molecular weight excluding hydrogens is 341 g/mol. The Morgan fingerprint density at radius 3 is 2.65 bits per heavy atom. The molecule has 0 fully saturated rings. The highest BCUT2D eigenvalue weighted by atomic mass is 19.4. The fourth-order valence-electron chi connectivity index (χ4n) is 3.62. The third-order valence-corrected chi connectivity index (χ3v) is 4.90. The van der Waals surface area contributed by atoms with E-state index in [0.29, 0.717) is 5.56 Å². The van der Waals surface area contributed by atoms with Gasteiger partial charge in [0.2, 0.25) is 0 Å². The van der Waals surface area contributed by atoms with Gasteiger partial charge in [-0.05, 0) is 40.8 Å². The Kier molecular flexibility index (Phi) is 4.15. The zero-order valence-corrected chi connectivity index (χ0v) is 14.4. The third kappa shape index (κ3) is 2.94. The Morgan fingerprint density at radius 1 is 1.04 bits per heavy atom. The normalized spacial score (nSPS) is 14.9. The van der Waals surface area contributed by atoms with Crippen LogP contribution in [0.15, 0.2) is 42.5 Å². The molecule has 6 heteroatoms. The number of hydrogen-bond donors (Lipinski definition) is 1. The fourth-order valence-corrected chi connectivity index (χ4v) is 3.62. The van der Waals surface area contributed by atoms with Gasteiger partial charge < -0.3 is 14.6 Å². The smallest absolute Gasteiger partial charge is 0.417 e. The first-order valence-corrected chi connectivity index (χ1v) is 8.56. The van der Waals surface area contributed by atoms with Gasteiger partial charge in [-0.3, -0.25) is 0 Å². The van der Waals surface area contributed by atoms with Gasteiger partial charge in [0.15, 0.2) is 0 Å². The molecule has 0 aliphatic carbocycles. The van der Waals surface area contributed by atoms with E-state index in [2.05, 4.69) is 16.0 Å². The SMILES string of the molecule is COc1ccc(-c2ccc3cc4n(c3c2)CCNCC4)c(C(F)(F)F)c1. The van der Waals surface area contributed by atoms with E-state index in [0.717, 1.165) is 43.0 Å². The number of halogens is 3. The van der Waals surface area contributed by atoms with Crippen molar-refractivity contribution in [3.8, 4) is 16.9 Å². The van der Waals surface area contributed by atoms with Crippen LogP contribution in [0.2, 0.25) is 0 Å². The van der Waals surface area contributed by atoms with Crippen LogP contribution in [0, 0.1) is 0 Å². The number of ether oxygens (including phenoxy) is 1. The minimum Gasteiger partial charge on any atom is -0.497 e. The number of alkyl halides is 3. The van der Waals surface area contributed by atoms with Crippen LogP contribution in [0.25, 0.3) is 22.0 Å². The highest BCUT2D eigenvalue weighted by Crippen LogP contribution is 2.40. The van der Waals surface area contributed by atoms with Crippen molar-refractivity contribution in [2.75, 3.05) is 20.2 Å². The van der Waals surface area contributed by atoms with Crippen LogP contribution in [0.1, 0.15) is 11.3 Å². The van der Waals surface area contributed by atoms with Crippen LogP contribution >= 0.6 is 0 Å². The lowest BCUT2D eigenvalue weighted by Crippen LogP contribution is -2.17. The van der Waals surface area contributed by atoms with Crippen molar-refractivity contribution in [3.05, 3.63) is 53.7 Å². The molecule has 3 aromatic rings. The number of rotatable bonds is 2. The Morgan fingerprint density at radius 2 is 1.88 bits per heavy atom. The molecule has 1 aliphatic rings. The molecule has 1 aromatic heterocycles. The Bertz CT molecular complexity index is 960. The minimum atomic E-state index is -4.45. The number of benzene rings is 2. The maximum atomic E-state index is 13.6. The topological polar surface area (TPSA) is 26.2 Å². The number of hydrogen-bond acceptors (Lipinski definition) is 2. The molecule has 0 radical (unpaired) electrons. The van der Waals surface area contributed by atoms with Crippen molar-refractivity contribution in [2.24, 2.45) is 0 Å². The lowest BCUT2D eigenvalue weighted by Gasteiger charge is -2.15. The van der Waals surface area contributed by atoms with Gasteiger partial charge in [0.05, 0.1) is 12.7 Å². The second kappa shape index (κ2) is 6.36. The van der Waals surface area contributed by atoms with Crippen LogP contribution in [0.3, 0.4) is 0 Å². The van der Waals surface area contributed by atoms with E-state index in [-0.39, 0.29) is 11.3 Å². The highest BCUT2D eigenvalue weighted by molar-refractivity contribution is 5.87. The third-order valence-electron chi connectivity index (χ3n) is 4.90. The van der Waals surface area contributed by atoms with Crippen molar-refractivity contribution in [3.63, 3.8) is 0 Å². The van der Waals surface area contributed by atoms with Gasteiger partial charge in [-0.1, -0.05) is 18.2 Å².